The lowest BCUT2D eigenvalue weighted by Crippen LogP contribution is -2.28. The molecule has 0 radical (unpaired) electrons. The van der Waals surface area contributed by atoms with E-state index in [0.29, 0.717) is 17.9 Å². The Morgan fingerprint density at radius 2 is 1.58 bits per heavy atom. The smallest absolute Gasteiger partial charge is 0.319 e. The molecule has 2 aromatic carbocycles. The number of methoxy groups -OCH3 is 1. The molecule has 0 atom stereocenters. The first kappa shape index (κ1) is 17.5. The highest BCUT2D eigenvalue weighted by Gasteiger charge is 2.04. The van der Waals surface area contributed by atoms with Gasteiger partial charge in [-0.15, -0.1) is 0 Å². The van der Waals surface area contributed by atoms with Crippen LogP contribution >= 0.6 is 0 Å². The van der Waals surface area contributed by atoms with Crippen molar-refractivity contribution in [2.24, 2.45) is 0 Å². The second-order valence-corrected chi connectivity index (χ2v) is 5.29. The van der Waals surface area contributed by atoms with Gasteiger partial charge in [-0.2, -0.15) is 0 Å². The molecule has 6 nitrogen and oxygen atoms in total. The van der Waals surface area contributed by atoms with E-state index in [1.54, 1.807) is 24.3 Å². The quantitative estimate of drug-likeness (QED) is 0.763. The Bertz CT molecular complexity index is 699. The van der Waals surface area contributed by atoms with E-state index in [-0.39, 0.29) is 18.5 Å². The highest BCUT2D eigenvalue weighted by Crippen LogP contribution is 2.13. The second-order valence-electron chi connectivity index (χ2n) is 5.29. The van der Waals surface area contributed by atoms with Gasteiger partial charge >= 0.3 is 6.03 Å². The summed E-state index contributed by atoms with van der Waals surface area (Å²) in [4.78, 5) is 23.3. The normalized spacial score (nSPS) is 10.1. The van der Waals surface area contributed by atoms with E-state index in [1.807, 2.05) is 31.2 Å². The van der Waals surface area contributed by atoms with Crippen LogP contribution < -0.4 is 16.0 Å². The molecule has 0 heterocycles. The molecule has 126 valence electrons. The van der Waals surface area contributed by atoms with Gasteiger partial charge in [0.2, 0.25) is 5.91 Å². The molecule has 0 saturated heterocycles. The predicted octanol–water partition coefficient (Wildman–Crippen LogP) is 2.90. The average molecular weight is 327 g/mol. The Labute approximate surface area is 141 Å². The number of carbonyl (C=O) groups is 2. The Morgan fingerprint density at radius 3 is 2.21 bits per heavy atom. The number of anilines is 2. The van der Waals surface area contributed by atoms with E-state index >= 15 is 0 Å². The molecule has 2 rings (SSSR count). The first-order valence-corrected chi connectivity index (χ1v) is 7.56. The highest BCUT2D eigenvalue weighted by molar-refractivity contribution is 5.93. The summed E-state index contributed by atoms with van der Waals surface area (Å²) < 4.78 is 4.75. The Morgan fingerprint density at radius 1 is 0.958 bits per heavy atom. The zero-order chi connectivity index (χ0) is 17.4. The van der Waals surface area contributed by atoms with Crippen molar-refractivity contribution in [1.82, 2.24) is 5.32 Å². The van der Waals surface area contributed by atoms with Gasteiger partial charge in [0, 0.05) is 25.0 Å². The maximum Gasteiger partial charge on any atom is 0.319 e. The molecular weight excluding hydrogens is 306 g/mol. The molecule has 3 N–H and O–H groups in total. The molecule has 0 aromatic heterocycles. The summed E-state index contributed by atoms with van der Waals surface area (Å²) in [6.07, 6.45) is 0. The molecule has 2 aromatic rings. The molecule has 0 bridgehead atoms. The topological polar surface area (TPSA) is 79.5 Å². The Balaban J connectivity index is 1.83. The van der Waals surface area contributed by atoms with Gasteiger partial charge in [-0.3, -0.25) is 4.79 Å². The lowest BCUT2D eigenvalue weighted by Gasteiger charge is -2.10. The molecular formula is C18H21N3O3. The van der Waals surface area contributed by atoms with Crippen molar-refractivity contribution in [2.45, 2.75) is 13.5 Å². The molecule has 0 unspecified atom stereocenters. The number of urea groups is 1. The number of hydrogen-bond acceptors (Lipinski definition) is 3. The number of hydrogen-bond donors (Lipinski definition) is 3. The van der Waals surface area contributed by atoms with Crippen LogP contribution in [0.15, 0.2) is 48.5 Å². The minimum absolute atomic E-state index is 0.00130. The Hall–Kier alpha value is -2.86. The van der Waals surface area contributed by atoms with Gasteiger partial charge in [-0.1, -0.05) is 24.3 Å². The van der Waals surface area contributed by atoms with Gasteiger partial charge in [0.1, 0.15) is 6.61 Å². The van der Waals surface area contributed by atoms with Crippen molar-refractivity contribution in [3.8, 4) is 0 Å². The van der Waals surface area contributed by atoms with Crippen LogP contribution in [0.3, 0.4) is 0 Å². The zero-order valence-electron chi connectivity index (χ0n) is 13.8. The minimum atomic E-state index is -0.283. The largest absolute Gasteiger partial charge is 0.375 e. The fourth-order valence-corrected chi connectivity index (χ4v) is 2.12. The first-order chi connectivity index (χ1) is 11.6. The standard InChI is InChI=1S/C18H21N3O3/c1-13-5-3-4-6-14(13)11-19-18(23)21-16-9-7-15(8-10-16)20-17(22)12-24-2/h3-10H,11-12H2,1-2H3,(H,20,22)(H2,19,21,23). The maximum atomic E-state index is 11.9. The van der Waals surface area contributed by atoms with Crippen molar-refractivity contribution in [3.05, 3.63) is 59.7 Å². The summed E-state index contributed by atoms with van der Waals surface area (Å²) in [6.45, 7) is 2.47. The molecule has 0 saturated carbocycles. The number of benzene rings is 2. The van der Waals surface area contributed by atoms with Gasteiger partial charge in [-0.05, 0) is 42.3 Å². The van der Waals surface area contributed by atoms with Crippen molar-refractivity contribution >= 4 is 23.3 Å². The number of nitrogens with one attached hydrogen (secondary N) is 3. The fourth-order valence-electron chi connectivity index (χ4n) is 2.12. The minimum Gasteiger partial charge on any atom is -0.375 e. The summed E-state index contributed by atoms with van der Waals surface area (Å²) in [5.74, 6) is -0.228. The van der Waals surface area contributed by atoms with Crippen LogP contribution in [0.2, 0.25) is 0 Å². The summed E-state index contributed by atoms with van der Waals surface area (Å²) in [7, 11) is 1.46. The van der Waals surface area contributed by atoms with Crippen LogP contribution in [0.1, 0.15) is 11.1 Å². The zero-order valence-corrected chi connectivity index (χ0v) is 13.8. The Kier molecular flexibility index (Phi) is 6.33. The van der Waals surface area contributed by atoms with Gasteiger partial charge in [0.15, 0.2) is 0 Å². The van der Waals surface area contributed by atoms with Crippen LogP contribution in [0.25, 0.3) is 0 Å². The van der Waals surface area contributed by atoms with Crippen molar-refractivity contribution in [2.75, 3.05) is 24.4 Å². The molecule has 0 aliphatic heterocycles. The SMILES string of the molecule is COCC(=O)Nc1ccc(NC(=O)NCc2ccccc2C)cc1. The molecule has 0 spiro atoms. The predicted molar refractivity (Wildman–Crippen MR) is 94.0 cm³/mol. The highest BCUT2D eigenvalue weighted by atomic mass is 16.5. The van der Waals surface area contributed by atoms with Gasteiger partial charge < -0.3 is 20.7 Å². The van der Waals surface area contributed by atoms with Gasteiger partial charge in [-0.25, -0.2) is 4.79 Å². The third-order valence-corrected chi connectivity index (χ3v) is 3.40. The van der Waals surface area contributed by atoms with Crippen LogP contribution in [-0.4, -0.2) is 25.7 Å². The summed E-state index contributed by atoms with van der Waals surface area (Å²) in [5.41, 5.74) is 3.49. The summed E-state index contributed by atoms with van der Waals surface area (Å²) in [6, 6.07) is 14.5. The van der Waals surface area contributed by atoms with Crippen molar-refractivity contribution in [3.63, 3.8) is 0 Å². The van der Waals surface area contributed by atoms with E-state index in [4.69, 9.17) is 4.74 Å². The number of amides is 3. The van der Waals surface area contributed by atoms with Crippen LogP contribution in [0, 0.1) is 6.92 Å². The van der Waals surface area contributed by atoms with Crippen LogP contribution in [0.5, 0.6) is 0 Å². The molecule has 0 fully saturated rings. The number of rotatable bonds is 6. The third-order valence-electron chi connectivity index (χ3n) is 3.40. The maximum absolute atomic E-state index is 11.9. The molecule has 0 aliphatic rings. The van der Waals surface area contributed by atoms with Crippen LogP contribution in [0.4, 0.5) is 16.2 Å². The number of ether oxygens (including phenoxy) is 1. The molecule has 3 amide bonds. The lowest BCUT2D eigenvalue weighted by atomic mass is 10.1. The van der Waals surface area contributed by atoms with Gasteiger partial charge in [0.25, 0.3) is 0 Å². The van der Waals surface area contributed by atoms with Crippen molar-refractivity contribution < 1.29 is 14.3 Å². The molecule has 6 heteroatoms. The summed E-state index contributed by atoms with van der Waals surface area (Å²) >= 11 is 0. The van der Waals surface area contributed by atoms with E-state index in [9.17, 15) is 9.59 Å². The number of aryl methyl sites for hydroxylation is 1. The second kappa shape index (κ2) is 8.69. The van der Waals surface area contributed by atoms with Crippen LogP contribution in [-0.2, 0) is 16.1 Å². The van der Waals surface area contributed by atoms with E-state index in [1.165, 1.54) is 7.11 Å². The third kappa shape index (κ3) is 5.40. The van der Waals surface area contributed by atoms with Crippen molar-refractivity contribution in [1.29, 1.82) is 0 Å². The summed E-state index contributed by atoms with van der Waals surface area (Å²) in [5, 5.41) is 8.25. The van der Waals surface area contributed by atoms with E-state index < -0.39 is 0 Å². The van der Waals surface area contributed by atoms with E-state index in [0.717, 1.165) is 11.1 Å². The van der Waals surface area contributed by atoms with E-state index in [2.05, 4.69) is 16.0 Å². The average Bonchev–Trinajstić information content (AvgIpc) is 2.56. The molecule has 24 heavy (non-hydrogen) atoms. The monoisotopic (exact) mass is 327 g/mol. The first-order valence-electron chi connectivity index (χ1n) is 7.56. The molecule has 0 aliphatic carbocycles. The lowest BCUT2D eigenvalue weighted by molar-refractivity contribution is -0.119. The number of carbonyl (C=O) groups excluding carboxylic acids is 2. The fraction of sp³-hybridized carbons (Fsp3) is 0.222. The van der Waals surface area contributed by atoms with Gasteiger partial charge in [0.05, 0.1) is 0 Å².